The third-order valence-electron chi connectivity index (χ3n) is 2.98. The highest BCUT2D eigenvalue weighted by Gasteiger charge is 2.10. The smallest absolute Gasteiger partial charge is 0.223 e. The maximum Gasteiger partial charge on any atom is 0.223 e. The molecule has 0 spiro atoms. The van der Waals surface area contributed by atoms with Crippen molar-refractivity contribution in [3.8, 4) is 5.75 Å². The van der Waals surface area contributed by atoms with Crippen molar-refractivity contribution in [2.75, 3.05) is 18.9 Å². The second-order valence-electron chi connectivity index (χ2n) is 4.71. The molecule has 1 unspecified atom stereocenters. The van der Waals surface area contributed by atoms with Crippen molar-refractivity contribution >= 4 is 22.9 Å². The molecule has 2 aromatic rings. The van der Waals surface area contributed by atoms with Crippen molar-refractivity contribution in [3.63, 3.8) is 0 Å². The highest BCUT2D eigenvalue weighted by molar-refractivity contribution is 7.09. The minimum Gasteiger partial charge on any atom is -0.491 e. The van der Waals surface area contributed by atoms with Gasteiger partial charge in [0.05, 0.1) is 23.7 Å². The number of anilines is 1. The zero-order valence-corrected chi connectivity index (χ0v) is 12.7. The van der Waals surface area contributed by atoms with E-state index >= 15 is 0 Å². The molecule has 0 fully saturated rings. The van der Waals surface area contributed by atoms with E-state index in [1.807, 2.05) is 24.4 Å². The molecule has 0 aliphatic rings. The molecular formula is C15H19N3O2S. The lowest BCUT2D eigenvalue weighted by atomic mass is 10.2. The fraction of sp³-hybridized carbons (Fsp3) is 0.333. The number of nitrogens with one attached hydrogen (secondary N) is 1. The van der Waals surface area contributed by atoms with Crippen molar-refractivity contribution in [1.29, 1.82) is 0 Å². The van der Waals surface area contributed by atoms with E-state index in [-0.39, 0.29) is 11.8 Å². The van der Waals surface area contributed by atoms with Crippen molar-refractivity contribution in [2.45, 2.75) is 19.3 Å². The summed E-state index contributed by atoms with van der Waals surface area (Å²) in [5.74, 6) is 0.800. The number of thiazole rings is 1. The molecule has 0 radical (unpaired) electrons. The molecule has 1 aromatic carbocycles. The number of para-hydroxylation sites is 2. The number of nitrogens with zero attached hydrogens (tertiary/aromatic N) is 1. The van der Waals surface area contributed by atoms with E-state index in [1.54, 1.807) is 29.7 Å². The van der Waals surface area contributed by atoms with Gasteiger partial charge >= 0.3 is 0 Å². The zero-order chi connectivity index (χ0) is 15.1. The molecule has 0 bridgehead atoms. The van der Waals surface area contributed by atoms with Gasteiger partial charge in [-0.2, -0.15) is 0 Å². The lowest BCUT2D eigenvalue weighted by molar-refractivity contribution is -0.121. The summed E-state index contributed by atoms with van der Waals surface area (Å²) in [7, 11) is 0. The van der Waals surface area contributed by atoms with Crippen LogP contribution in [0.1, 0.15) is 24.3 Å². The van der Waals surface area contributed by atoms with Crippen LogP contribution in [-0.4, -0.2) is 24.0 Å². The maximum atomic E-state index is 11.8. The number of carbonyl (C=O) groups is 1. The highest BCUT2D eigenvalue weighted by Crippen LogP contribution is 2.19. The number of benzene rings is 1. The normalized spacial score (nSPS) is 11.9. The lowest BCUT2D eigenvalue weighted by Crippen LogP contribution is -2.28. The van der Waals surface area contributed by atoms with E-state index < -0.39 is 0 Å². The second-order valence-corrected chi connectivity index (χ2v) is 5.64. The first-order valence-corrected chi connectivity index (χ1v) is 7.68. The summed E-state index contributed by atoms with van der Waals surface area (Å²) in [6.45, 7) is 2.94. The van der Waals surface area contributed by atoms with Crippen LogP contribution in [0, 0.1) is 0 Å². The summed E-state index contributed by atoms with van der Waals surface area (Å²) in [4.78, 5) is 16.0. The fourth-order valence-corrected chi connectivity index (χ4v) is 2.48. The Labute approximate surface area is 128 Å². The number of hydrogen-bond acceptors (Lipinski definition) is 5. The van der Waals surface area contributed by atoms with Gasteiger partial charge < -0.3 is 15.8 Å². The summed E-state index contributed by atoms with van der Waals surface area (Å²) < 4.78 is 5.49. The summed E-state index contributed by atoms with van der Waals surface area (Å²) in [5, 5.41) is 5.86. The predicted octanol–water partition coefficient (Wildman–Crippen LogP) is 2.41. The van der Waals surface area contributed by atoms with Crippen LogP contribution in [0.4, 0.5) is 5.69 Å². The van der Waals surface area contributed by atoms with Crippen molar-refractivity contribution in [3.05, 3.63) is 40.8 Å². The second kappa shape index (κ2) is 7.64. The van der Waals surface area contributed by atoms with Crippen LogP contribution < -0.4 is 15.8 Å². The highest BCUT2D eigenvalue weighted by atomic mass is 32.1. The Bertz CT molecular complexity index is 572. The number of amides is 1. The summed E-state index contributed by atoms with van der Waals surface area (Å²) in [5.41, 5.74) is 6.34. The first-order valence-electron chi connectivity index (χ1n) is 6.80. The molecule has 21 heavy (non-hydrogen) atoms. The van der Waals surface area contributed by atoms with Gasteiger partial charge in [-0.25, -0.2) is 4.98 Å². The van der Waals surface area contributed by atoms with E-state index in [4.69, 9.17) is 10.5 Å². The number of nitrogen functional groups attached to an aromatic ring is 1. The summed E-state index contributed by atoms with van der Waals surface area (Å²) >= 11 is 1.60. The lowest BCUT2D eigenvalue weighted by Gasteiger charge is -2.11. The van der Waals surface area contributed by atoms with E-state index in [0.29, 0.717) is 31.0 Å². The van der Waals surface area contributed by atoms with E-state index in [0.717, 1.165) is 5.01 Å². The molecule has 1 atom stereocenters. The molecule has 0 saturated carbocycles. The quantitative estimate of drug-likeness (QED) is 0.770. The van der Waals surface area contributed by atoms with Gasteiger partial charge in [-0.3, -0.25) is 4.79 Å². The van der Waals surface area contributed by atoms with Crippen molar-refractivity contribution in [1.82, 2.24) is 10.3 Å². The van der Waals surface area contributed by atoms with E-state index in [9.17, 15) is 4.79 Å². The zero-order valence-electron chi connectivity index (χ0n) is 11.9. The van der Waals surface area contributed by atoms with Crippen molar-refractivity contribution < 1.29 is 9.53 Å². The van der Waals surface area contributed by atoms with Crippen LogP contribution in [0.2, 0.25) is 0 Å². The van der Waals surface area contributed by atoms with Crippen LogP contribution in [0.15, 0.2) is 35.8 Å². The molecule has 3 N–H and O–H groups in total. The van der Waals surface area contributed by atoms with E-state index in [2.05, 4.69) is 10.3 Å². The average molecular weight is 305 g/mol. The Kier molecular flexibility index (Phi) is 5.57. The first-order chi connectivity index (χ1) is 10.2. The largest absolute Gasteiger partial charge is 0.491 e. The van der Waals surface area contributed by atoms with Gasteiger partial charge in [0.15, 0.2) is 0 Å². The van der Waals surface area contributed by atoms with Gasteiger partial charge in [-0.05, 0) is 12.1 Å². The van der Waals surface area contributed by atoms with Crippen LogP contribution in [0.3, 0.4) is 0 Å². The minimum absolute atomic E-state index is 0.0343. The van der Waals surface area contributed by atoms with Gasteiger partial charge in [-0.15, -0.1) is 11.3 Å². The number of hydrogen-bond donors (Lipinski definition) is 2. The minimum atomic E-state index is -0.0343. The molecule has 1 aromatic heterocycles. The van der Waals surface area contributed by atoms with Crippen LogP contribution >= 0.6 is 11.3 Å². The summed E-state index contributed by atoms with van der Waals surface area (Å²) in [6, 6.07) is 7.25. The number of ether oxygens (including phenoxy) is 1. The van der Waals surface area contributed by atoms with Crippen LogP contribution in [-0.2, 0) is 4.79 Å². The van der Waals surface area contributed by atoms with Gasteiger partial charge in [0.1, 0.15) is 5.75 Å². The topological polar surface area (TPSA) is 77.2 Å². The Balaban J connectivity index is 1.67. The molecule has 1 amide bonds. The predicted molar refractivity (Wildman–Crippen MR) is 84.5 cm³/mol. The number of carbonyl (C=O) groups excluding carboxylic acids is 1. The number of rotatable bonds is 7. The number of nitrogens with two attached hydrogens (primary N) is 1. The molecule has 5 nitrogen and oxygen atoms in total. The molecular weight excluding hydrogens is 286 g/mol. The summed E-state index contributed by atoms with van der Waals surface area (Å²) in [6.07, 6.45) is 2.08. The Morgan fingerprint density at radius 1 is 1.48 bits per heavy atom. The third kappa shape index (κ3) is 4.75. The molecule has 0 aliphatic carbocycles. The monoisotopic (exact) mass is 305 g/mol. The maximum absolute atomic E-state index is 11.8. The first kappa shape index (κ1) is 15.3. The van der Waals surface area contributed by atoms with Crippen molar-refractivity contribution in [2.24, 2.45) is 0 Å². The molecule has 6 heteroatoms. The van der Waals surface area contributed by atoms with E-state index in [1.165, 1.54) is 0 Å². The Morgan fingerprint density at radius 2 is 2.29 bits per heavy atom. The number of aromatic nitrogens is 1. The van der Waals surface area contributed by atoms with Gasteiger partial charge in [0.2, 0.25) is 5.91 Å². The Morgan fingerprint density at radius 3 is 3.00 bits per heavy atom. The van der Waals surface area contributed by atoms with Gasteiger partial charge in [0.25, 0.3) is 0 Å². The van der Waals surface area contributed by atoms with Gasteiger partial charge in [-0.1, -0.05) is 19.1 Å². The SMILES string of the molecule is CC(CNC(=O)CCOc1ccccc1N)c1nccs1. The Hall–Kier alpha value is -2.08. The van der Waals surface area contributed by atoms with Crippen LogP contribution in [0.25, 0.3) is 0 Å². The molecule has 112 valence electrons. The average Bonchev–Trinajstić information content (AvgIpc) is 3.01. The van der Waals surface area contributed by atoms with Gasteiger partial charge in [0, 0.05) is 24.0 Å². The third-order valence-corrected chi connectivity index (χ3v) is 3.99. The van der Waals surface area contributed by atoms with Crippen LogP contribution in [0.5, 0.6) is 5.75 Å². The molecule has 0 saturated heterocycles. The molecule has 2 rings (SSSR count). The fourth-order valence-electron chi connectivity index (χ4n) is 1.79. The molecule has 1 heterocycles. The standard InChI is InChI=1S/C15H19N3O2S/c1-11(15-17-7-9-21-15)10-18-14(19)6-8-20-13-5-3-2-4-12(13)16/h2-5,7,9,11H,6,8,10,16H2,1H3,(H,18,19). The molecule has 0 aliphatic heterocycles.